The summed E-state index contributed by atoms with van der Waals surface area (Å²) in [7, 11) is 1.91. The Kier molecular flexibility index (Phi) is 7.33. The van der Waals surface area contributed by atoms with Gasteiger partial charge in [0, 0.05) is 25.6 Å². The van der Waals surface area contributed by atoms with Crippen molar-refractivity contribution in [2.75, 3.05) is 26.7 Å². The summed E-state index contributed by atoms with van der Waals surface area (Å²) < 4.78 is 0. The normalized spacial score (nSPS) is 18.6. The predicted octanol–water partition coefficient (Wildman–Crippen LogP) is 2.66. The second-order valence-corrected chi connectivity index (χ2v) is 5.75. The van der Waals surface area contributed by atoms with Gasteiger partial charge in [0.15, 0.2) is 0 Å². The topological polar surface area (TPSA) is 32.3 Å². The van der Waals surface area contributed by atoms with Crippen molar-refractivity contribution in [3.63, 3.8) is 0 Å². The van der Waals surface area contributed by atoms with Crippen molar-refractivity contribution in [2.45, 2.75) is 52.4 Å². The molecule has 0 aliphatic heterocycles. The van der Waals surface area contributed by atoms with Crippen LogP contribution in [0.2, 0.25) is 0 Å². The number of hydrogen-bond acceptors (Lipinski definition) is 2. The van der Waals surface area contributed by atoms with Crippen LogP contribution in [0.3, 0.4) is 0 Å². The molecule has 3 heteroatoms. The van der Waals surface area contributed by atoms with Crippen molar-refractivity contribution in [1.29, 1.82) is 0 Å². The summed E-state index contributed by atoms with van der Waals surface area (Å²) in [4.78, 5) is 14.5. The highest BCUT2D eigenvalue weighted by Crippen LogP contribution is 2.24. The number of nitrogens with zero attached hydrogens (tertiary/aromatic N) is 1. The van der Waals surface area contributed by atoms with Crippen LogP contribution in [-0.4, -0.2) is 37.5 Å². The highest BCUT2D eigenvalue weighted by Gasteiger charge is 2.23. The molecule has 1 aliphatic carbocycles. The Bertz CT molecular complexity index is 237. The Morgan fingerprint density at radius 1 is 1.33 bits per heavy atom. The average molecular weight is 254 g/mol. The fourth-order valence-electron chi connectivity index (χ4n) is 2.95. The SMILES string of the molecule is CCCN(CC1CCCCC1)C(=O)C(C)CNC. The molecule has 0 radical (unpaired) electrons. The molecule has 1 N–H and O–H groups in total. The molecule has 0 aromatic carbocycles. The lowest BCUT2D eigenvalue weighted by atomic mass is 9.88. The van der Waals surface area contributed by atoms with Crippen LogP contribution in [0.25, 0.3) is 0 Å². The summed E-state index contributed by atoms with van der Waals surface area (Å²) in [6.45, 7) is 6.88. The minimum Gasteiger partial charge on any atom is -0.342 e. The summed E-state index contributed by atoms with van der Waals surface area (Å²) in [6, 6.07) is 0. The van der Waals surface area contributed by atoms with E-state index in [2.05, 4.69) is 17.1 Å². The molecular weight excluding hydrogens is 224 g/mol. The van der Waals surface area contributed by atoms with Crippen LogP contribution >= 0.6 is 0 Å². The summed E-state index contributed by atoms with van der Waals surface area (Å²) in [5.74, 6) is 1.18. The molecule has 1 atom stereocenters. The molecule has 0 heterocycles. The first-order valence-corrected chi connectivity index (χ1v) is 7.62. The maximum Gasteiger partial charge on any atom is 0.226 e. The molecule has 0 bridgehead atoms. The van der Waals surface area contributed by atoms with E-state index in [1.54, 1.807) is 0 Å². The van der Waals surface area contributed by atoms with Gasteiger partial charge in [-0.15, -0.1) is 0 Å². The van der Waals surface area contributed by atoms with Gasteiger partial charge in [-0.2, -0.15) is 0 Å². The quantitative estimate of drug-likeness (QED) is 0.757. The first-order valence-electron chi connectivity index (χ1n) is 7.62. The van der Waals surface area contributed by atoms with Crippen molar-refractivity contribution >= 4 is 5.91 Å². The van der Waals surface area contributed by atoms with Crippen molar-refractivity contribution < 1.29 is 4.79 Å². The van der Waals surface area contributed by atoms with Gasteiger partial charge < -0.3 is 10.2 Å². The highest BCUT2D eigenvalue weighted by atomic mass is 16.2. The van der Waals surface area contributed by atoms with E-state index in [4.69, 9.17) is 0 Å². The third kappa shape index (κ3) is 4.97. The van der Waals surface area contributed by atoms with Gasteiger partial charge in [0.2, 0.25) is 5.91 Å². The van der Waals surface area contributed by atoms with Crippen molar-refractivity contribution in [1.82, 2.24) is 10.2 Å². The standard InChI is InChI=1S/C15H30N2O/c1-4-10-17(15(18)13(2)11-16-3)12-14-8-6-5-7-9-14/h13-14,16H,4-12H2,1-3H3. The minimum atomic E-state index is 0.102. The van der Waals surface area contributed by atoms with Gasteiger partial charge >= 0.3 is 0 Å². The second-order valence-electron chi connectivity index (χ2n) is 5.75. The molecule has 18 heavy (non-hydrogen) atoms. The van der Waals surface area contributed by atoms with Crippen LogP contribution < -0.4 is 5.32 Å². The summed E-state index contributed by atoms with van der Waals surface area (Å²) >= 11 is 0. The zero-order valence-corrected chi connectivity index (χ0v) is 12.4. The zero-order chi connectivity index (χ0) is 13.4. The molecular formula is C15H30N2O. The van der Waals surface area contributed by atoms with Gasteiger partial charge in [-0.3, -0.25) is 4.79 Å². The van der Waals surface area contributed by atoms with Gasteiger partial charge in [0.25, 0.3) is 0 Å². The molecule has 1 rings (SSSR count). The van der Waals surface area contributed by atoms with E-state index in [1.807, 2.05) is 14.0 Å². The van der Waals surface area contributed by atoms with E-state index in [-0.39, 0.29) is 5.92 Å². The average Bonchev–Trinajstić information content (AvgIpc) is 2.39. The summed E-state index contributed by atoms with van der Waals surface area (Å²) in [5, 5.41) is 3.10. The highest BCUT2D eigenvalue weighted by molar-refractivity contribution is 5.78. The predicted molar refractivity (Wildman–Crippen MR) is 76.5 cm³/mol. The van der Waals surface area contributed by atoms with Gasteiger partial charge in [0.05, 0.1) is 0 Å². The van der Waals surface area contributed by atoms with Gasteiger partial charge in [-0.05, 0) is 32.2 Å². The van der Waals surface area contributed by atoms with Crippen LogP contribution in [0.5, 0.6) is 0 Å². The molecule has 3 nitrogen and oxygen atoms in total. The summed E-state index contributed by atoms with van der Waals surface area (Å²) in [6.07, 6.45) is 7.77. The van der Waals surface area contributed by atoms with E-state index in [0.29, 0.717) is 5.91 Å². The van der Waals surface area contributed by atoms with E-state index in [9.17, 15) is 4.79 Å². The fraction of sp³-hybridized carbons (Fsp3) is 0.933. The molecule has 1 amide bonds. The van der Waals surface area contributed by atoms with E-state index in [0.717, 1.165) is 32.0 Å². The van der Waals surface area contributed by atoms with Crippen LogP contribution in [-0.2, 0) is 4.79 Å². The molecule has 106 valence electrons. The molecule has 1 aliphatic rings. The Morgan fingerprint density at radius 3 is 2.56 bits per heavy atom. The molecule has 0 saturated heterocycles. The maximum atomic E-state index is 12.4. The molecule has 1 fully saturated rings. The van der Waals surface area contributed by atoms with E-state index in [1.165, 1.54) is 32.1 Å². The Labute approximate surface area is 112 Å². The van der Waals surface area contributed by atoms with Crippen LogP contribution in [0, 0.1) is 11.8 Å². The Morgan fingerprint density at radius 2 is 2.00 bits per heavy atom. The zero-order valence-electron chi connectivity index (χ0n) is 12.4. The minimum absolute atomic E-state index is 0.102. The van der Waals surface area contributed by atoms with Gasteiger partial charge in [-0.1, -0.05) is 33.1 Å². The van der Waals surface area contributed by atoms with Gasteiger partial charge in [0.1, 0.15) is 0 Å². The fourth-order valence-corrected chi connectivity index (χ4v) is 2.95. The van der Waals surface area contributed by atoms with Crippen molar-refractivity contribution in [2.24, 2.45) is 11.8 Å². The number of hydrogen-bond donors (Lipinski definition) is 1. The molecule has 0 aromatic rings. The number of carbonyl (C=O) groups is 1. The number of rotatable bonds is 7. The lowest BCUT2D eigenvalue weighted by Crippen LogP contribution is -2.41. The largest absolute Gasteiger partial charge is 0.342 e. The first-order chi connectivity index (χ1) is 8.69. The molecule has 0 spiro atoms. The van der Waals surface area contributed by atoms with Crippen LogP contribution in [0.1, 0.15) is 52.4 Å². The lowest BCUT2D eigenvalue weighted by Gasteiger charge is -2.31. The van der Waals surface area contributed by atoms with E-state index >= 15 is 0 Å². The molecule has 1 unspecified atom stereocenters. The number of carbonyl (C=O) groups excluding carboxylic acids is 1. The number of amides is 1. The van der Waals surface area contributed by atoms with Crippen LogP contribution in [0.15, 0.2) is 0 Å². The van der Waals surface area contributed by atoms with Gasteiger partial charge in [-0.25, -0.2) is 0 Å². The third-order valence-electron chi connectivity index (χ3n) is 3.94. The monoisotopic (exact) mass is 254 g/mol. The first kappa shape index (κ1) is 15.5. The second kappa shape index (κ2) is 8.52. The van der Waals surface area contributed by atoms with Crippen LogP contribution in [0.4, 0.5) is 0 Å². The van der Waals surface area contributed by atoms with Crippen molar-refractivity contribution in [3.8, 4) is 0 Å². The third-order valence-corrected chi connectivity index (χ3v) is 3.94. The molecule has 1 saturated carbocycles. The Hall–Kier alpha value is -0.570. The summed E-state index contributed by atoms with van der Waals surface area (Å²) in [5.41, 5.74) is 0. The maximum absolute atomic E-state index is 12.4. The lowest BCUT2D eigenvalue weighted by molar-refractivity contribution is -0.135. The molecule has 0 aromatic heterocycles. The Balaban J connectivity index is 2.48. The van der Waals surface area contributed by atoms with E-state index < -0.39 is 0 Å². The smallest absolute Gasteiger partial charge is 0.226 e. The van der Waals surface area contributed by atoms with Crippen molar-refractivity contribution in [3.05, 3.63) is 0 Å². The number of nitrogens with one attached hydrogen (secondary N) is 1.